The lowest BCUT2D eigenvalue weighted by Crippen LogP contribution is -2.46. The molecule has 1 fully saturated rings. The third-order valence-electron chi connectivity index (χ3n) is 4.77. The Hall–Kier alpha value is -2.40. The van der Waals surface area contributed by atoms with E-state index in [1.807, 2.05) is 49.4 Å². The summed E-state index contributed by atoms with van der Waals surface area (Å²) in [6, 6.07) is 12.8. The molecule has 0 aromatic heterocycles. The molecule has 2 aromatic rings. The van der Waals surface area contributed by atoms with E-state index in [0.717, 1.165) is 16.3 Å². The van der Waals surface area contributed by atoms with Gasteiger partial charge in [0.05, 0.1) is 6.10 Å². The normalized spacial score (nSPS) is 21.6. The molecule has 0 spiro atoms. The largest absolute Gasteiger partial charge is 0.480 e. The first-order valence-electron chi connectivity index (χ1n) is 8.66. The molecule has 0 radical (unpaired) electrons. The van der Waals surface area contributed by atoms with E-state index >= 15 is 0 Å². The minimum Gasteiger partial charge on any atom is -0.480 e. The number of nitrogens with one attached hydrogen (secondary N) is 1. The summed E-state index contributed by atoms with van der Waals surface area (Å²) in [5.74, 6) is -1.39. The molecule has 1 heterocycles. The standard InChI is InChI=1S/C20H23NO4/c1-13-11-16(9-10-25-13)19(22)21-18(20(23)24)12-15-7-4-6-14-5-2-3-8-17(14)15/h2-8,13,16,18H,9-12H2,1H3,(H,21,22)(H,23,24)/t13-,16+,18-/m1/s1. The summed E-state index contributed by atoms with van der Waals surface area (Å²) in [7, 11) is 0. The summed E-state index contributed by atoms with van der Waals surface area (Å²) in [6.45, 7) is 2.48. The predicted molar refractivity (Wildman–Crippen MR) is 95.4 cm³/mol. The van der Waals surface area contributed by atoms with Crippen molar-refractivity contribution in [3.8, 4) is 0 Å². The first kappa shape index (κ1) is 17.4. The maximum absolute atomic E-state index is 12.5. The van der Waals surface area contributed by atoms with Gasteiger partial charge in [0, 0.05) is 18.9 Å². The van der Waals surface area contributed by atoms with Crippen molar-refractivity contribution in [2.24, 2.45) is 5.92 Å². The van der Waals surface area contributed by atoms with Gasteiger partial charge in [-0.15, -0.1) is 0 Å². The molecule has 1 aliphatic rings. The first-order chi connectivity index (χ1) is 12.0. The van der Waals surface area contributed by atoms with E-state index in [9.17, 15) is 14.7 Å². The number of carbonyl (C=O) groups excluding carboxylic acids is 1. The van der Waals surface area contributed by atoms with Crippen LogP contribution in [0, 0.1) is 5.92 Å². The number of fused-ring (bicyclic) bond motifs is 1. The number of hydrogen-bond donors (Lipinski definition) is 2. The molecule has 5 nitrogen and oxygen atoms in total. The molecule has 25 heavy (non-hydrogen) atoms. The van der Waals surface area contributed by atoms with E-state index < -0.39 is 12.0 Å². The zero-order valence-electron chi connectivity index (χ0n) is 14.3. The average Bonchev–Trinajstić information content (AvgIpc) is 2.61. The third-order valence-corrected chi connectivity index (χ3v) is 4.77. The first-order valence-corrected chi connectivity index (χ1v) is 8.66. The van der Waals surface area contributed by atoms with Gasteiger partial charge in [0.1, 0.15) is 6.04 Å². The number of hydrogen-bond acceptors (Lipinski definition) is 3. The number of benzene rings is 2. The van der Waals surface area contributed by atoms with Gasteiger partial charge in [-0.2, -0.15) is 0 Å². The van der Waals surface area contributed by atoms with Gasteiger partial charge in [0.2, 0.25) is 5.91 Å². The molecule has 1 aliphatic heterocycles. The van der Waals surface area contributed by atoms with Crippen LogP contribution in [0.5, 0.6) is 0 Å². The summed E-state index contributed by atoms with van der Waals surface area (Å²) >= 11 is 0. The number of carboxylic acid groups (broad SMARTS) is 1. The lowest BCUT2D eigenvalue weighted by atomic mass is 9.94. The SMILES string of the molecule is C[C@@H]1C[C@@H](C(=O)N[C@H](Cc2cccc3ccccc23)C(=O)O)CCO1. The molecule has 132 valence electrons. The van der Waals surface area contributed by atoms with Gasteiger partial charge in [0.15, 0.2) is 0 Å². The van der Waals surface area contributed by atoms with Gasteiger partial charge in [-0.25, -0.2) is 4.79 Å². The fourth-order valence-corrected chi connectivity index (χ4v) is 3.42. The van der Waals surface area contributed by atoms with Crippen molar-refractivity contribution in [3.63, 3.8) is 0 Å². The average molecular weight is 341 g/mol. The molecular formula is C20H23NO4. The van der Waals surface area contributed by atoms with Crippen molar-refractivity contribution in [1.29, 1.82) is 0 Å². The predicted octanol–water partition coefficient (Wildman–Crippen LogP) is 2.77. The summed E-state index contributed by atoms with van der Waals surface area (Å²) in [4.78, 5) is 24.2. The Morgan fingerprint density at radius 2 is 2.00 bits per heavy atom. The summed E-state index contributed by atoms with van der Waals surface area (Å²) < 4.78 is 5.46. The topological polar surface area (TPSA) is 75.6 Å². The number of amides is 1. The van der Waals surface area contributed by atoms with Crippen molar-refractivity contribution in [1.82, 2.24) is 5.32 Å². The highest BCUT2D eigenvalue weighted by atomic mass is 16.5. The molecule has 5 heteroatoms. The van der Waals surface area contributed by atoms with Gasteiger partial charge < -0.3 is 15.2 Å². The Labute approximate surface area is 147 Å². The minimum absolute atomic E-state index is 0.0332. The molecule has 3 atom stereocenters. The highest BCUT2D eigenvalue weighted by molar-refractivity contribution is 5.88. The molecule has 0 bridgehead atoms. The maximum atomic E-state index is 12.5. The van der Waals surface area contributed by atoms with E-state index in [4.69, 9.17) is 4.74 Å². The molecule has 2 aromatic carbocycles. The van der Waals surface area contributed by atoms with Crippen LogP contribution in [-0.4, -0.2) is 35.7 Å². The molecule has 0 unspecified atom stereocenters. The molecular weight excluding hydrogens is 318 g/mol. The Morgan fingerprint density at radius 3 is 2.76 bits per heavy atom. The van der Waals surface area contributed by atoms with Crippen LogP contribution in [0.25, 0.3) is 10.8 Å². The van der Waals surface area contributed by atoms with Crippen LogP contribution >= 0.6 is 0 Å². The summed E-state index contributed by atoms with van der Waals surface area (Å²) in [5.41, 5.74) is 0.922. The van der Waals surface area contributed by atoms with Gasteiger partial charge in [-0.3, -0.25) is 4.79 Å². The lowest BCUT2D eigenvalue weighted by Gasteiger charge is -2.27. The van der Waals surface area contributed by atoms with Crippen molar-refractivity contribution in [2.45, 2.75) is 38.3 Å². The van der Waals surface area contributed by atoms with Gasteiger partial charge in [-0.1, -0.05) is 42.5 Å². The number of rotatable bonds is 5. The molecule has 3 rings (SSSR count). The second-order valence-corrected chi connectivity index (χ2v) is 6.64. The monoisotopic (exact) mass is 341 g/mol. The Bertz CT molecular complexity index is 768. The van der Waals surface area contributed by atoms with Crippen molar-refractivity contribution >= 4 is 22.6 Å². The second-order valence-electron chi connectivity index (χ2n) is 6.64. The van der Waals surface area contributed by atoms with E-state index in [2.05, 4.69) is 5.32 Å². The van der Waals surface area contributed by atoms with Crippen LogP contribution in [0.3, 0.4) is 0 Å². The van der Waals surface area contributed by atoms with Crippen LogP contribution in [0.2, 0.25) is 0 Å². The second kappa shape index (κ2) is 7.66. The minimum atomic E-state index is -1.01. The van der Waals surface area contributed by atoms with Gasteiger partial charge >= 0.3 is 5.97 Å². The molecule has 0 aliphatic carbocycles. The van der Waals surface area contributed by atoms with Crippen molar-refractivity contribution in [3.05, 3.63) is 48.0 Å². The Balaban J connectivity index is 1.75. The fraction of sp³-hybridized carbons (Fsp3) is 0.400. The van der Waals surface area contributed by atoms with Crippen LogP contribution in [0.4, 0.5) is 0 Å². The molecule has 1 saturated heterocycles. The van der Waals surface area contributed by atoms with Crippen LogP contribution in [0.15, 0.2) is 42.5 Å². The summed E-state index contributed by atoms with van der Waals surface area (Å²) in [6.07, 6.45) is 1.57. The molecule has 2 N–H and O–H groups in total. The van der Waals surface area contributed by atoms with Crippen LogP contribution in [0.1, 0.15) is 25.3 Å². The fourth-order valence-electron chi connectivity index (χ4n) is 3.42. The van der Waals surface area contributed by atoms with E-state index in [1.165, 1.54) is 0 Å². The van der Waals surface area contributed by atoms with Gasteiger partial charge in [-0.05, 0) is 36.1 Å². The third kappa shape index (κ3) is 4.17. The Kier molecular flexibility index (Phi) is 5.34. The zero-order valence-corrected chi connectivity index (χ0v) is 14.3. The van der Waals surface area contributed by atoms with E-state index in [0.29, 0.717) is 19.4 Å². The smallest absolute Gasteiger partial charge is 0.326 e. The zero-order chi connectivity index (χ0) is 17.8. The number of ether oxygens (including phenoxy) is 1. The number of carbonyl (C=O) groups is 2. The quantitative estimate of drug-likeness (QED) is 0.877. The van der Waals surface area contributed by atoms with Crippen molar-refractivity contribution in [2.75, 3.05) is 6.61 Å². The molecule has 0 saturated carbocycles. The highest BCUT2D eigenvalue weighted by Crippen LogP contribution is 2.22. The highest BCUT2D eigenvalue weighted by Gasteiger charge is 2.29. The molecule has 1 amide bonds. The van der Waals surface area contributed by atoms with Gasteiger partial charge in [0.25, 0.3) is 0 Å². The summed E-state index contributed by atoms with van der Waals surface area (Å²) in [5, 5.41) is 14.4. The number of aliphatic carboxylic acids is 1. The van der Waals surface area contributed by atoms with E-state index in [1.54, 1.807) is 0 Å². The van der Waals surface area contributed by atoms with E-state index in [-0.39, 0.29) is 24.3 Å². The lowest BCUT2D eigenvalue weighted by molar-refractivity contribution is -0.143. The number of carboxylic acids is 1. The van der Waals surface area contributed by atoms with Crippen molar-refractivity contribution < 1.29 is 19.4 Å². The maximum Gasteiger partial charge on any atom is 0.326 e. The van der Waals surface area contributed by atoms with Crippen LogP contribution < -0.4 is 5.32 Å². The van der Waals surface area contributed by atoms with Crippen LogP contribution in [-0.2, 0) is 20.7 Å². The Morgan fingerprint density at radius 1 is 1.24 bits per heavy atom.